The molecule has 1 spiro atoms. The highest BCUT2D eigenvalue weighted by molar-refractivity contribution is 6.01. The van der Waals surface area contributed by atoms with E-state index < -0.39 is 199 Å². The van der Waals surface area contributed by atoms with E-state index in [1.165, 1.54) is 13.8 Å². The molecule has 17 atom stereocenters. The number of amides is 11. The molecule has 87 heavy (non-hydrogen) atoms. The molecule has 1 saturated carbocycles. The highest BCUT2D eigenvalue weighted by Gasteiger charge is 2.61. The maximum absolute atomic E-state index is 14.4. The average molecular weight is 1230 g/mol. The number of primary amides is 1. The summed E-state index contributed by atoms with van der Waals surface area (Å²) >= 11 is 0. The van der Waals surface area contributed by atoms with E-state index in [2.05, 4.69) is 58.5 Å². The molecule has 0 radical (unpaired) electrons. The van der Waals surface area contributed by atoms with Crippen LogP contribution in [-0.2, 0) is 68.7 Å². The van der Waals surface area contributed by atoms with Gasteiger partial charge in [0, 0.05) is 13.0 Å². The summed E-state index contributed by atoms with van der Waals surface area (Å²) in [4.78, 5) is 165. The van der Waals surface area contributed by atoms with Crippen LogP contribution in [0.4, 0.5) is 0 Å². The zero-order valence-electron chi connectivity index (χ0n) is 52.0. The Balaban J connectivity index is 1.84. The van der Waals surface area contributed by atoms with Crippen molar-refractivity contribution in [2.24, 2.45) is 35.3 Å². The standard InChI is InChI=1S/C59H96N12O16/c1-12-30(5)43(66-49(77)38(61-11)22-21-36-19-17-16-18-20-36)53(81)64-40(28-73)51(79)63-39(23-24-42(60)75)50(78)67-45(32(7)14-3)55(83)68-44(31(6)13-2)54(82)65-41(29-74)52(80)69-47-35(10)87-57(85)46(33(8)15-4)70-58(86)59(27-37(59)25-26-72)71-48(76)34(9)62-56(47)84/h16-20,30-35,37-41,43-47,61,72-74H,12-15,21-29H2,1-11H3,(H2,60,75)(H,62,84)(H,63,79)(H,64,81)(H,65,82)(H,66,77)(H,67,78)(H,68,83)(H,69,80)(H,70,86)(H,71,76)/t30-,31-,32-,33-,34-,35-,37?,38+,39+,40-,41-,43-,44-,45+,46-,47+,59?/m0/s1. The van der Waals surface area contributed by atoms with Gasteiger partial charge >= 0.3 is 5.97 Å². The number of benzene rings is 1. The fourth-order valence-electron chi connectivity index (χ4n) is 9.89. The van der Waals surface area contributed by atoms with E-state index in [1.807, 2.05) is 30.3 Å². The number of carbonyl (C=O) groups is 12. The second kappa shape index (κ2) is 35.5. The molecule has 2 fully saturated rings. The first-order chi connectivity index (χ1) is 41.1. The van der Waals surface area contributed by atoms with E-state index in [0.717, 1.165) is 5.56 Å². The third-order valence-corrected chi connectivity index (χ3v) is 16.7. The summed E-state index contributed by atoms with van der Waals surface area (Å²) < 4.78 is 5.72. The van der Waals surface area contributed by atoms with Crippen LogP contribution in [0.25, 0.3) is 0 Å². The molecule has 28 heteroatoms. The molecule has 488 valence electrons. The highest BCUT2D eigenvalue weighted by Crippen LogP contribution is 2.46. The van der Waals surface area contributed by atoms with E-state index in [9.17, 15) is 72.9 Å². The number of hydrogen-bond donors (Lipinski definition) is 15. The van der Waals surface area contributed by atoms with Gasteiger partial charge in [-0.2, -0.15) is 0 Å². The predicted octanol–water partition coefficient (Wildman–Crippen LogP) is -2.77. The van der Waals surface area contributed by atoms with Gasteiger partial charge in [-0.25, -0.2) is 4.79 Å². The van der Waals surface area contributed by atoms with Crippen molar-refractivity contribution in [2.75, 3.05) is 26.9 Å². The topological polar surface area (TPSA) is 433 Å². The van der Waals surface area contributed by atoms with Crippen molar-refractivity contribution in [3.8, 4) is 0 Å². The number of aliphatic hydroxyl groups is 3. The number of aliphatic hydroxyl groups excluding tert-OH is 3. The van der Waals surface area contributed by atoms with Crippen molar-refractivity contribution >= 4 is 70.9 Å². The fraction of sp³-hybridized carbons (Fsp3) is 0.695. The lowest BCUT2D eigenvalue weighted by atomic mass is 9.94. The van der Waals surface area contributed by atoms with Gasteiger partial charge in [-0.3, -0.25) is 52.7 Å². The minimum atomic E-state index is -1.82. The molecule has 2 aliphatic rings. The number of likely N-dealkylation sites (N-methyl/N-ethyl adjacent to an activating group) is 1. The van der Waals surface area contributed by atoms with Crippen LogP contribution >= 0.6 is 0 Å². The van der Waals surface area contributed by atoms with Crippen LogP contribution in [0.2, 0.25) is 0 Å². The minimum Gasteiger partial charge on any atom is -0.458 e. The number of aryl methyl sites for hydroxylation is 1. The van der Waals surface area contributed by atoms with Gasteiger partial charge in [-0.15, -0.1) is 0 Å². The summed E-state index contributed by atoms with van der Waals surface area (Å²) in [6, 6.07) is -4.72. The SMILES string of the molecule is CC[C@H](C)[C@H](NC(=O)[C@@H](CCc1ccccc1)NC)C(=O)N[C@@H](CO)C(=O)N[C@H](CCC(N)=O)C(=O)N[C@@H](C(=O)N[C@H](C(=O)N[C@@H](CO)C(=O)N[C@H]1C(=O)N[C@@H](C)C(=O)NC2(CC2CCO)C(=O)N[C@@H]([C@@H](C)CC)C(=O)O[C@H]1C)[C@@H](C)CC)[C@@H](C)CC. The quantitative estimate of drug-likeness (QED) is 0.0317. The molecule has 2 unspecified atom stereocenters. The predicted molar refractivity (Wildman–Crippen MR) is 317 cm³/mol. The molecule has 1 aromatic rings. The molecule has 16 N–H and O–H groups in total. The zero-order valence-corrected chi connectivity index (χ0v) is 52.0. The van der Waals surface area contributed by atoms with Gasteiger partial charge in [0.15, 0.2) is 0 Å². The normalized spacial score (nSPS) is 23.4. The largest absolute Gasteiger partial charge is 0.458 e. The Morgan fingerprint density at radius 2 is 1.11 bits per heavy atom. The van der Waals surface area contributed by atoms with Crippen LogP contribution in [0.1, 0.15) is 133 Å². The first-order valence-corrected chi connectivity index (χ1v) is 30.2. The Hall–Kier alpha value is -7.30. The molecule has 0 bridgehead atoms. The Bertz CT molecular complexity index is 2540. The maximum atomic E-state index is 14.4. The van der Waals surface area contributed by atoms with E-state index in [1.54, 1.807) is 62.4 Å². The van der Waals surface area contributed by atoms with Crippen molar-refractivity contribution in [2.45, 2.75) is 206 Å². The third kappa shape index (κ3) is 21.2. The Morgan fingerprint density at radius 1 is 0.632 bits per heavy atom. The molecule has 1 saturated heterocycles. The van der Waals surface area contributed by atoms with E-state index >= 15 is 0 Å². The minimum absolute atomic E-state index is 0.146. The van der Waals surface area contributed by atoms with Gasteiger partial charge < -0.3 is 84.3 Å². The van der Waals surface area contributed by atoms with E-state index in [4.69, 9.17) is 10.5 Å². The monoisotopic (exact) mass is 1230 g/mol. The van der Waals surface area contributed by atoms with Crippen LogP contribution in [0.5, 0.6) is 0 Å². The van der Waals surface area contributed by atoms with Crippen molar-refractivity contribution < 1.29 is 77.6 Å². The summed E-state index contributed by atoms with van der Waals surface area (Å²) in [6.07, 6.45) is 0.252. The lowest BCUT2D eigenvalue weighted by molar-refractivity contribution is -0.157. The van der Waals surface area contributed by atoms with Crippen molar-refractivity contribution in [3.63, 3.8) is 0 Å². The molecule has 1 aliphatic heterocycles. The van der Waals surface area contributed by atoms with Crippen LogP contribution in [0.3, 0.4) is 0 Å². The zero-order chi connectivity index (χ0) is 65.5. The first kappa shape index (κ1) is 74.0. The van der Waals surface area contributed by atoms with Crippen molar-refractivity contribution in [3.05, 3.63) is 35.9 Å². The number of hydrogen-bond acceptors (Lipinski definition) is 17. The first-order valence-electron chi connectivity index (χ1n) is 30.2. The number of carbonyl (C=O) groups excluding carboxylic acids is 12. The van der Waals surface area contributed by atoms with Crippen LogP contribution in [0, 0.1) is 29.6 Å². The number of esters is 1. The molecule has 11 amide bonds. The number of cyclic esters (lactones) is 1. The summed E-state index contributed by atoms with van der Waals surface area (Å²) in [5.41, 5.74) is 4.96. The maximum Gasteiger partial charge on any atom is 0.329 e. The van der Waals surface area contributed by atoms with Gasteiger partial charge in [-0.05, 0) is 88.2 Å². The molecule has 28 nitrogen and oxygen atoms in total. The Morgan fingerprint density at radius 3 is 1.60 bits per heavy atom. The average Bonchev–Trinajstić information content (AvgIpc) is 1.61. The van der Waals surface area contributed by atoms with Gasteiger partial charge in [0.2, 0.25) is 65.0 Å². The second-order valence-electron chi connectivity index (χ2n) is 23.1. The summed E-state index contributed by atoms with van der Waals surface area (Å²) in [6.45, 7) is 13.9. The van der Waals surface area contributed by atoms with Crippen molar-refractivity contribution in [1.29, 1.82) is 0 Å². The number of ether oxygens (including phenoxy) is 1. The summed E-state index contributed by atoms with van der Waals surface area (Å²) in [5.74, 6) is -13.5. The van der Waals surface area contributed by atoms with Gasteiger partial charge in [0.05, 0.1) is 19.3 Å². The molecular formula is C59H96N12O16. The molecule has 3 rings (SSSR count). The number of nitrogens with two attached hydrogens (primary N) is 1. The van der Waals surface area contributed by atoms with Crippen LogP contribution in [-0.4, -0.2) is 185 Å². The number of rotatable bonds is 33. The highest BCUT2D eigenvalue weighted by atomic mass is 16.5. The van der Waals surface area contributed by atoms with Crippen LogP contribution in [0.15, 0.2) is 30.3 Å². The third-order valence-electron chi connectivity index (χ3n) is 16.7. The van der Waals surface area contributed by atoms with Gasteiger partial charge in [0.1, 0.15) is 66.0 Å². The van der Waals surface area contributed by atoms with Gasteiger partial charge in [0.25, 0.3) is 0 Å². The molecule has 0 aromatic heterocycles. The fourth-order valence-corrected chi connectivity index (χ4v) is 9.89. The molecule has 1 aliphatic carbocycles. The second-order valence-corrected chi connectivity index (χ2v) is 23.1. The summed E-state index contributed by atoms with van der Waals surface area (Å²) in [7, 11) is 1.61. The molecule has 1 aromatic carbocycles. The molecular weight excluding hydrogens is 1130 g/mol. The Kier molecular flexibility index (Phi) is 30.2. The smallest absolute Gasteiger partial charge is 0.329 e. The lowest BCUT2D eigenvalue weighted by Crippen LogP contribution is -2.63. The van der Waals surface area contributed by atoms with Crippen LogP contribution < -0.4 is 64.2 Å². The van der Waals surface area contributed by atoms with Crippen molar-refractivity contribution in [1.82, 2.24) is 58.5 Å². The van der Waals surface area contributed by atoms with E-state index in [-0.39, 0.29) is 32.3 Å². The molecule has 1 heterocycles. The van der Waals surface area contributed by atoms with Gasteiger partial charge in [-0.1, -0.05) is 111 Å². The number of nitrogens with one attached hydrogen (secondary N) is 11. The Labute approximate surface area is 509 Å². The summed E-state index contributed by atoms with van der Waals surface area (Å²) in [5, 5.41) is 59.1. The van der Waals surface area contributed by atoms with E-state index in [0.29, 0.717) is 25.7 Å². The lowest BCUT2D eigenvalue weighted by Gasteiger charge is -2.31.